The van der Waals surface area contributed by atoms with Crippen molar-refractivity contribution in [1.82, 2.24) is 19.2 Å². The Kier molecular flexibility index (Phi) is 5.39. The van der Waals surface area contributed by atoms with Gasteiger partial charge in [-0.25, -0.2) is 9.50 Å². The molecule has 0 aliphatic carbocycles. The minimum Gasteiger partial charge on any atom is -0.486 e. The van der Waals surface area contributed by atoms with Crippen LogP contribution < -0.4 is 15.0 Å². The van der Waals surface area contributed by atoms with Gasteiger partial charge in [0.25, 0.3) is 5.56 Å². The number of pyridine rings is 1. The van der Waals surface area contributed by atoms with Gasteiger partial charge in [0.05, 0.1) is 35.3 Å². The van der Waals surface area contributed by atoms with E-state index in [2.05, 4.69) is 4.98 Å². The highest BCUT2D eigenvalue weighted by atomic mass is 35.5. The third-order valence-electron chi connectivity index (χ3n) is 6.03. The lowest BCUT2D eigenvalue weighted by atomic mass is 10.1. The molecular weight excluding hydrogens is 468 g/mol. The number of hydrogen-bond donors (Lipinski definition) is 0. The van der Waals surface area contributed by atoms with Crippen LogP contribution in [0.25, 0.3) is 27.7 Å². The summed E-state index contributed by atoms with van der Waals surface area (Å²) in [5.74, 6) is 1.42. The minimum atomic E-state index is -0.149. The van der Waals surface area contributed by atoms with Crippen molar-refractivity contribution in [2.24, 2.45) is 0 Å². The molecule has 35 heavy (non-hydrogen) atoms. The summed E-state index contributed by atoms with van der Waals surface area (Å²) in [7, 11) is 1.62. The van der Waals surface area contributed by atoms with E-state index in [-0.39, 0.29) is 5.56 Å². The summed E-state index contributed by atoms with van der Waals surface area (Å²) < 4.78 is 20.0. The molecule has 8 nitrogen and oxygen atoms in total. The largest absolute Gasteiger partial charge is 0.486 e. The van der Waals surface area contributed by atoms with Crippen molar-refractivity contribution < 1.29 is 14.2 Å². The summed E-state index contributed by atoms with van der Waals surface area (Å²) in [6.07, 6.45) is 3.39. The van der Waals surface area contributed by atoms with Crippen LogP contribution in [0.3, 0.4) is 0 Å². The van der Waals surface area contributed by atoms with Gasteiger partial charge in [-0.2, -0.15) is 5.10 Å². The molecule has 3 aromatic heterocycles. The van der Waals surface area contributed by atoms with E-state index < -0.39 is 0 Å². The average Bonchev–Trinajstić information content (AvgIpc) is 3.25. The van der Waals surface area contributed by atoms with Crippen molar-refractivity contribution in [1.29, 1.82) is 0 Å². The first-order chi connectivity index (χ1) is 17.1. The van der Waals surface area contributed by atoms with Crippen LogP contribution in [0.4, 0.5) is 0 Å². The SMILES string of the molecule is COCc1nn2c(ncc3c(=O)n(Cc4ccc5c(c4)OCCO5)ccc32)c1-c1ccc(Cl)cc1. The standard InChI is InChI=1S/C26H21ClN4O4/c1-33-15-20-24(17-3-5-18(27)6-4-17)25-28-13-19-21(31(25)29-20)8-9-30(26(19)32)14-16-2-7-22-23(12-16)35-11-10-34-22/h2-9,12-13H,10-11,14-15H2,1H3. The summed E-state index contributed by atoms with van der Waals surface area (Å²) in [6.45, 7) is 1.76. The Labute approximate surface area is 205 Å². The zero-order valence-electron chi connectivity index (χ0n) is 18.9. The fourth-order valence-corrected chi connectivity index (χ4v) is 4.54. The third kappa shape index (κ3) is 3.80. The van der Waals surface area contributed by atoms with E-state index >= 15 is 0 Å². The van der Waals surface area contributed by atoms with Crippen molar-refractivity contribution in [3.05, 3.63) is 87.6 Å². The van der Waals surface area contributed by atoms with E-state index in [1.165, 1.54) is 0 Å². The molecule has 2 aromatic carbocycles. The molecule has 4 heterocycles. The van der Waals surface area contributed by atoms with E-state index in [9.17, 15) is 4.79 Å². The first-order valence-electron chi connectivity index (χ1n) is 11.2. The first kappa shape index (κ1) is 21.6. The summed E-state index contributed by atoms with van der Waals surface area (Å²) in [5, 5.41) is 5.88. The Morgan fingerprint density at radius 2 is 1.86 bits per heavy atom. The van der Waals surface area contributed by atoms with Gasteiger partial charge in [0.1, 0.15) is 13.2 Å². The lowest BCUT2D eigenvalue weighted by Crippen LogP contribution is -2.21. The number of aromatic nitrogens is 4. The highest BCUT2D eigenvalue weighted by molar-refractivity contribution is 6.30. The van der Waals surface area contributed by atoms with Gasteiger partial charge < -0.3 is 18.8 Å². The number of hydrogen-bond acceptors (Lipinski definition) is 6. The van der Waals surface area contributed by atoms with Crippen LogP contribution in [0.1, 0.15) is 11.3 Å². The number of methoxy groups -OCH3 is 1. The van der Waals surface area contributed by atoms with Crippen LogP contribution >= 0.6 is 11.6 Å². The quantitative estimate of drug-likeness (QED) is 0.366. The zero-order chi connectivity index (χ0) is 23.9. The molecule has 0 saturated carbocycles. The highest BCUT2D eigenvalue weighted by Gasteiger charge is 2.19. The average molecular weight is 489 g/mol. The normalized spacial score (nSPS) is 13.0. The molecule has 0 bridgehead atoms. The van der Waals surface area contributed by atoms with Crippen molar-refractivity contribution in [3.63, 3.8) is 0 Å². The van der Waals surface area contributed by atoms with Crippen LogP contribution in [-0.4, -0.2) is 39.5 Å². The van der Waals surface area contributed by atoms with E-state index in [0.29, 0.717) is 53.7 Å². The van der Waals surface area contributed by atoms with E-state index in [4.69, 9.17) is 30.9 Å². The second-order valence-corrected chi connectivity index (χ2v) is 8.72. The number of benzene rings is 2. The molecular formula is C26H21ClN4O4. The Bertz CT molecular complexity index is 1630. The minimum absolute atomic E-state index is 0.149. The molecule has 0 N–H and O–H groups in total. The van der Waals surface area contributed by atoms with Crippen LogP contribution in [0.2, 0.25) is 5.02 Å². The van der Waals surface area contributed by atoms with E-state index in [0.717, 1.165) is 28.1 Å². The van der Waals surface area contributed by atoms with E-state index in [1.54, 1.807) is 28.6 Å². The predicted octanol–water partition coefficient (Wildman–Crippen LogP) is 4.33. The molecule has 0 saturated heterocycles. The van der Waals surface area contributed by atoms with Gasteiger partial charge in [0.15, 0.2) is 17.1 Å². The molecule has 0 spiro atoms. The Morgan fingerprint density at radius 1 is 1.06 bits per heavy atom. The van der Waals surface area contributed by atoms with Crippen LogP contribution in [0, 0.1) is 0 Å². The molecule has 0 unspecified atom stereocenters. The highest BCUT2D eigenvalue weighted by Crippen LogP contribution is 2.32. The molecule has 176 valence electrons. The fraction of sp³-hybridized carbons (Fsp3) is 0.192. The molecule has 0 atom stereocenters. The summed E-state index contributed by atoms with van der Waals surface area (Å²) in [4.78, 5) is 18.0. The van der Waals surface area contributed by atoms with Crippen molar-refractivity contribution in [3.8, 4) is 22.6 Å². The Hall–Kier alpha value is -3.88. The van der Waals surface area contributed by atoms with Crippen molar-refractivity contribution in [2.75, 3.05) is 20.3 Å². The van der Waals surface area contributed by atoms with Crippen LogP contribution in [0.15, 0.2) is 65.7 Å². The smallest absolute Gasteiger partial charge is 0.261 e. The monoisotopic (exact) mass is 488 g/mol. The van der Waals surface area contributed by atoms with Gasteiger partial charge in [-0.3, -0.25) is 4.79 Å². The zero-order valence-corrected chi connectivity index (χ0v) is 19.7. The van der Waals surface area contributed by atoms with Gasteiger partial charge in [-0.05, 0) is 41.5 Å². The molecule has 0 radical (unpaired) electrons. The maximum absolute atomic E-state index is 13.4. The van der Waals surface area contributed by atoms with Crippen molar-refractivity contribution >= 4 is 28.2 Å². The second kappa shape index (κ2) is 8.72. The predicted molar refractivity (Wildman–Crippen MR) is 132 cm³/mol. The van der Waals surface area contributed by atoms with Gasteiger partial charge in [-0.15, -0.1) is 0 Å². The second-order valence-electron chi connectivity index (χ2n) is 8.28. The van der Waals surface area contributed by atoms with Crippen molar-refractivity contribution in [2.45, 2.75) is 13.2 Å². The van der Waals surface area contributed by atoms with Crippen LogP contribution in [-0.2, 0) is 17.9 Å². The summed E-state index contributed by atoms with van der Waals surface area (Å²) in [6, 6.07) is 15.1. The third-order valence-corrected chi connectivity index (χ3v) is 6.28. The van der Waals surface area contributed by atoms with Gasteiger partial charge in [-0.1, -0.05) is 29.8 Å². The number of fused-ring (bicyclic) bond motifs is 4. The van der Waals surface area contributed by atoms with Crippen LogP contribution in [0.5, 0.6) is 11.5 Å². The van der Waals surface area contributed by atoms with Gasteiger partial charge >= 0.3 is 0 Å². The topological polar surface area (TPSA) is 79.9 Å². The molecule has 0 amide bonds. The molecule has 5 aromatic rings. The Balaban J connectivity index is 1.45. The maximum Gasteiger partial charge on any atom is 0.261 e. The summed E-state index contributed by atoms with van der Waals surface area (Å²) >= 11 is 6.08. The summed E-state index contributed by atoms with van der Waals surface area (Å²) in [5.41, 5.74) is 4.63. The number of nitrogens with zero attached hydrogens (tertiary/aromatic N) is 4. The number of rotatable bonds is 5. The maximum atomic E-state index is 13.4. The molecule has 0 fully saturated rings. The number of ether oxygens (including phenoxy) is 3. The molecule has 9 heteroatoms. The molecule has 1 aliphatic rings. The molecule has 6 rings (SSSR count). The molecule has 1 aliphatic heterocycles. The van der Waals surface area contributed by atoms with Gasteiger partial charge in [0, 0.05) is 24.5 Å². The van der Waals surface area contributed by atoms with Gasteiger partial charge in [0.2, 0.25) is 0 Å². The lowest BCUT2D eigenvalue weighted by molar-refractivity contribution is 0.171. The number of halogens is 1. The Morgan fingerprint density at radius 3 is 2.66 bits per heavy atom. The first-order valence-corrected chi connectivity index (χ1v) is 11.5. The van der Waals surface area contributed by atoms with E-state index in [1.807, 2.05) is 48.5 Å². The fourth-order valence-electron chi connectivity index (χ4n) is 4.41. The lowest BCUT2D eigenvalue weighted by Gasteiger charge is -2.19.